The van der Waals surface area contributed by atoms with E-state index in [2.05, 4.69) is 37.5 Å². The molecule has 0 aromatic heterocycles. The molecule has 4 nitrogen and oxygen atoms in total. The average Bonchev–Trinajstić information content (AvgIpc) is 2.51. The van der Waals surface area contributed by atoms with Crippen LogP contribution in [0.15, 0.2) is 36.4 Å². The quantitative estimate of drug-likeness (QED) is 0.655. The zero-order chi connectivity index (χ0) is 15.4. The molecule has 3 N–H and O–H groups in total. The summed E-state index contributed by atoms with van der Waals surface area (Å²) in [5.74, 6) is 7.32. The van der Waals surface area contributed by atoms with Gasteiger partial charge in [0.2, 0.25) is 0 Å². The molecule has 112 valence electrons. The summed E-state index contributed by atoms with van der Waals surface area (Å²) in [6.07, 6.45) is 0. The number of hydrogen-bond acceptors (Lipinski definition) is 4. The lowest BCUT2D eigenvalue weighted by molar-refractivity contribution is 0.387. The lowest BCUT2D eigenvalue weighted by Gasteiger charge is -2.22. The molecule has 0 spiro atoms. The van der Waals surface area contributed by atoms with Crippen LogP contribution in [0.1, 0.15) is 28.3 Å². The first kappa shape index (κ1) is 15.4. The van der Waals surface area contributed by atoms with E-state index in [1.54, 1.807) is 14.2 Å². The minimum absolute atomic E-state index is 0.134. The standard InChI is InChI=1S/C17H22N2O2/c1-11-5-6-12(2)15(9-11)17(19-18)14-8-7-13(20-3)10-16(14)21-4/h5-10,17,19H,18H2,1-4H3. The van der Waals surface area contributed by atoms with Crippen LogP contribution in [-0.4, -0.2) is 14.2 Å². The van der Waals surface area contributed by atoms with E-state index in [1.165, 1.54) is 11.1 Å². The van der Waals surface area contributed by atoms with Crippen molar-refractivity contribution in [2.24, 2.45) is 5.84 Å². The molecule has 0 aliphatic carbocycles. The second kappa shape index (κ2) is 6.61. The van der Waals surface area contributed by atoms with Gasteiger partial charge in [0.05, 0.1) is 20.3 Å². The van der Waals surface area contributed by atoms with Crippen molar-refractivity contribution < 1.29 is 9.47 Å². The molecule has 0 saturated carbocycles. The van der Waals surface area contributed by atoms with E-state index in [-0.39, 0.29) is 6.04 Å². The van der Waals surface area contributed by atoms with Crippen LogP contribution in [0.2, 0.25) is 0 Å². The maximum atomic E-state index is 5.81. The van der Waals surface area contributed by atoms with Crippen molar-refractivity contribution in [1.82, 2.24) is 5.43 Å². The van der Waals surface area contributed by atoms with Crippen molar-refractivity contribution in [2.75, 3.05) is 14.2 Å². The third-order valence-corrected chi connectivity index (χ3v) is 3.66. The third kappa shape index (κ3) is 3.17. The van der Waals surface area contributed by atoms with Gasteiger partial charge in [-0.3, -0.25) is 5.84 Å². The predicted molar refractivity (Wildman–Crippen MR) is 84.6 cm³/mol. The number of aryl methyl sites for hydroxylation is 2. The van der Waals surface area contributed by atoms with Gasteiger partial charge in [-0.2, -0.15) is 0 Å². The second-order valence-corrected chi connectivity index (χ2v) is 5.07. The lowest BCUT2D eigenvalue weighted by Crippen LogP contribution is -2.29. The van der Waals surface area contributed by atoms with Crippen LogP contribution in [0.5, 0.6) is 11.5 Å². The first-order valence-electron chi connectivity index (χ1n) is 6.86. The van der Waals surface area contributed by atoms with E-state index < -0.39 is 0 Å². The van der Waals surface area contributed by atoms with E-state index in [9.17, 15) is 0 Å². The molecule has 0 saturated heterocycles. The van der Waals surface area contributed by atoms with Gasteiger partial charge in [0.15, 0.2) is 0 Å². The zero-order valence-corrected chi connectivity index (χ0v) is 12.9. The van der Waals surface area contributed by atoms with Crippen molar-refractivity contribution >= 4 is 0 Å². The Labute approximate surface area is 125 Å². The summed E-state index contributed by atoms with van der Waals surface area (Å²) in [5.41, 5.74) is 7.39. The van der Waals surface area contributed by atoms with Crippen LogP contribution >= 0.6 is 0 Å². The summed E-state index contributed by atoms with van der Waals surface area (Å²) in [6, 6.07) is 12.0. The van der Waals surface area contributed by atoms with Crippen LogP contribution < -0.4 is 20.7 Å². The van der Waals surface area contributed by atoms with E-state index in [1.807, 2.05) is 18.2 Å². The Morgan fingerprint density at radius 1 is 0.952 bits per heavy atom. The van der Waals surface area contributed by atoms with Crippen LogP contribution in [0.4, 0.5) is 0 Å². The summed E-state index contributed by atoms with van der Waals surface area (Å²) in [7, 11) is 3.28. The molecule has 21 heavy (non-hydrogen) atoms. The Morgan fingerprint density at radius 2 is 1.71 bits per heavy atom. The van der Waals surface area contributed by atoms with Gasteiger partial charge >= 0.3 is 0 Å². The highest BCUT2D eigenvalue weighted by molar-refractivity contribution is 5.48. The van der Waals surface area contributed by atoms with Gasteiger partial charge in [-0.15, -0.1) is 0 Å². The molecule has 1 atom stereocenters. The number of methoxy groups -OCH3 is 2. The van der Waals surface area contributed by atoms with Crippen molar-refractivity contribution in [3.63, 3.8) is 0 Å². The van der Waals surface area contributed by atoms with Gasteiger partial charge in [-0.05, 0) is 37.1 Å². The molecular formula is C17H22N2O2. The van der Waals surface area contributed by atoms with E-state index >= 15 is 0 Å². The molecule has 0 fully saturated rings. The smallest absolute Gasteiger partial charge is 0.127 e. The number of benzene rings is 2. The van der Waals surface area contributed by atoms with Gasteiger partial charge in [-0.1, -0.05) is 23.8 Å². The third-order valence-electron chi connectivity index (χ3n) is 3.66. The minimum atomic E-state index is -0.134. The van der Waals surface area contributed by atoms with Gasteiger partial charge in [0.25, 0.3) is 0 Å². The van der Waals surface area contributed by atoms with Gasteiger partial charge < -0.3 is 9.47 Å². The van der Waals surface area contributed by atoms with E-state index in [0.29, 0.717) is 0 Å². The van der Waals surface area contributed by atoms with Crippen LogP contribution in [-0.2, 0) is 0 Å². The molecule has 2 rings (SSSR count). The molecular weight excluding hydrogens is 264 g/mol. The first-order valence-corrected chi connectivity index (χ1v) is 6.86. The van der Waals surface area contributed by atoms with Crippen molar-refractivity contribution in [3.8, 4) is 11.5 Å². The SMILES string of the molecule is COc1ccc(C(NN)c2cc(C)ccc2C)c(OC)c1. The predicted octanol–water partition coefficient (Wildman–Crippen LogP) is 2.87. The summed E-state index contributed by atoms with van der Waals surface area (Å²) in [6.45, 7) is 4.15. The van der Waals surface area contributed by atoms with Crippen LogP contribution in [0.25, 0.3) is 0 Å². The van der Waals surface area contributed by atoms with Gasteiger partial charge in [-0.25, -0.2) is 5.43 Å². The molecule has 0 radical (unpaired) electrons. The average molecular weight is 286 g/mol. The van der Waals surface area contributed by atoms with Crippen LogP contribution in [0.3, 0.4) is 0 Å². The first-order chi connectivity index (χ1) is 10.1. The topological polar surface area (TPSA) is 56.5 Å². The van der Waals surface area contributed by atoms with Gasteiger partial charge in [0, 0.05) is 11.6 Å². The summed E-state index contributed by atoms with van der Waals surface area (Å²) >= 11 is 0. The summed E-state index contributed by atoms with van der Waals surface area (Å²) in [4.78, 5) is 0. The highest BCUT2D eigenvalue weighted by Gasteiger charge is 2.19. The lowest BCUT2D eigenvalue weighted by atomic mass is 9.93. The summed E-state index contributed by atoms with van der Waals surface area (Å²) in [5, 5.41) is 0. The second-order valence-electron chi connectivity index (χ2n) is 5.07. The van der Waals surface area contributed by atoms with Crippen LogP contribution in [0, 0.1) is 13.8 Å². The maximum Gasteiger partial charge on any atom is 0.127 e. The molecule has 0 aliphatic rings. The van der Waals surface area contributed by atoms with Gasteiger partial charge in [0.1, 0.15) is 11.5 Å². The fourth-order valence-electron chi connectivity index (χ4n) is 2.47. The van der Waals surface area contributed by atoms with Crippen molar-refractivity contribution in [2.45, 2.75) is 19.9 Å². The molecule has 0 amide bonds. The zero-order valence-electron chi connectivity index (χ0n) is 12.9. The Balaban J connectivity index is 2.53. The Hall–Kier alpha value is -2.04. The fraction of sp³-hybridized carbons (Fsp3) is 0.294. The molecule has 2 aromatic carbocycles. The minimum Gasteiger partial charge on any atom is -0.497 e. The molecule has 0 heterocycles. The number of nitrogens with one attached hydrogen (secondary N) is 1. The number of nitrogens with two attached hydrogens (primary N) is 1. The Kier molecular flexibility index (Phi) is 4.83. The molecule has 4 heteroatoms. The maximum absolute atomic E-state index is 5.81. The molecule has 0 bridgehead atoms. The molecule has 1 unspecified atom stereocenters. The molecule has 0 aliphatic heterocycles. The summed E-state index contributed by atoms with van der Waals surface area (Å²) < 4.78 is 10.7. The number of hydrazine groups is 1. The van der Waals surface area contributed by atoms with E-state index in [0.717, 1.165) is 22.6 Å². The normalized spacial score (nSPS) is 12.0. The Bertz CT molecular complexity index is 626. The van der Waals surface area contributed by atoms with E-state index in [4.69, 9.17) is 15.3 Å². The molecule has 2 aromatic rings. The number of hydrogen-bond donors (Lipinski definition) is 2. The monoisotopic (exact) mass is 286 g/mol. The van der Waals surface area contributed by atoms with Crippen molar-refractivity contribution in [3.05, 3.63) is 58.7 Å². The number of ether oxygens (including phenoxy) is 2. The number of rotatable bonds is 5. The highest BCUT2D eigenvalue weighted by Crippen LogP contribution is 2.34. The largest absolute Gasteiger partial charge is 0.497 e. The fourth-order valence-corrected chi connectivity index (χ4v) is 2.47. The van der Waals surface area contributed by atoms with Crippen molar-refractivity contribution in [1.29, 1.82) is 0 Å². The highest BCUT2D eigenvalue weighted by atomic mass is 16.5. The Morgan fingerprint density at radius 3 is 2.33 bits per heavy atom.